The standard InChI is InChI=1S/C10H13NO2S/c1-2-13-6-9-11-7-4-3-5-8(12)10(7)14-9/h2-6H2,1H3. The van der Waals surface area contributed by atoms with Crippen molar-refractivity contribution < 1.29 is 9.53 Å². The summed E-state index contributed by atoms with van der Waals surface area (Å²) in [6.07, 6.45) is 2.58. The van der Waals surface area contributed by atoms with Gasteiger partial charge in [-0.2, -0.15) is 0 Å². The van der Waals surface area contributed by atoms with Crippen molar-refractivity contribution in [3.63, 3.8) is 0 Å². The minimum atomic E-state index is 0.256. The number of ether oxygens (including phenoxy) is 1. The highest BCUT2D eigenvalue weighted by molar-refractivity contribution is 7.13. The molecular formula is C10H13NO2S. The van der Waals surface area contributed by atoms with Crippen LogP contribution < -0.4 is 0 Å². The van der Waals surface area contributed by atoms with Gasteiger partial charge in [0.2, 0.25) is 0 Å². The van der Waals surface area contributed by atoms with Crippen LogP contribution in [0.15, 0.2) is 0 Å². The van der Waals surface area contributed by atoms with Crippen molar-refractivity contribution in [1.29, 1.82) is 0 Å². The molecule has 2 rings (SSSR count). The molecule has 3 nitrogen and oxygen atoms in total. The Morgan fingerprint density at radius 3 is 3.07 bits per heavy atom. The molecule has 0 amide bonds. The number of aromatic nitrogens is 1. The molecule has 0 unspecified atom stereocenters. The van der Waals surface area contributed by atoms with E-state index < -0.39 is 0 Å². The molecule has 14 heavy (non-hydrogen) atoms. The predicted molar refractivity (Wildman–Crippen MR) is 54.7 cm³/mol. The average molecular weight is 211 g/mol. The lowest BCUT2D eigenvalue weighted by Gasteiger charge is -2.06. The van der Waals surface area contributed by atoms with Crippen LogP contribution >= 0.6 is 11.3 Å². The average Bonchev–Trinajstić information content (AvgIpc) is 2.59. The highest BCUT2D eigenvalue weighted by Gasteiger charge is 2.21. The number of carbonyl (C=O) groups excluding carboxylic acids is 1. The number of ketones is 1. The van der Waals surface area contributed by atoms with E-state index in [1.165, 1.54) is 11.3 Å². The van der Waals surface area contributed by atoms with Crippen molar-refractivity contribution in [2.24, 2.45) is 0 Å². The molecule has 0 N–H and O–H groups in total. The highest BCUT2D eigenvalue weighted by atomic mass is 32.1. The third-order valence-corrected chi connectivity index (χ3v) is 3.35. The lowest BCUT2D eigenvalue weighted by atomic mass is 10.0. The number of rotatable bonds is 3. The van der Waals surface area contributed by atoms with E-state index in [9.17, 15) is 4.79 Å². The molecule has 0 saturated carbocycles. The maximum atomic E-state index is 11.5. The fourth-order valence-corrected chi connectivity index (χ4v) is 2.58. The molecule has 1 heterocycles. The van der Waals surface area contributed by atoms with Crippen LogP contribution in [0.1, 0.15) is 40.1 Å². The van der Waals surface area contributed by atoms with Gasteiger partial charge in [0.25, 0.3) is 0 Å². The van der Waals surface area contributed by atoms with Gasteiger partial charge >= 0.3 is 0 Å². The van der Waals surface area contributed by atoms with Gasteiger partial charge < -0.3 is 4.74 Å². The Bertz CT molecular complexity index is 346. The fraction of sp³-hybridized carbons (Fsp3) is 0.600. The molecule has 0 aliphatic heterocycles. The fourth-order valence-electron chi connectivity index (χ4n) is 1.57. The molecule has 1 aliphatic rings. The van der Waals surface area contributed by atoms with Crippen molar-refractivity contribution in [1.82, 2.24) is 4.98 Å². The zero-order valence-corrected chi connectivity index (χ0v) is 9.02. The molecule has 4 heteroatoms. The van der Waals surface area contributed by atoms with Crippen LogP contribution in [-0.4, -0.2) is 17.4 Å². The number of hydrogen-bond donors (Lipinski definition) is 0. The first kappa shape index (κ1) is 9.80. The van der Waals surface area contributed by atoms with Crippen LogP contribution in [0.2, 0.25) is 0 Å². The van der Waals surface area contributed by atoms with E-state index >= 15 is 0 Å². The third-order valence-electron chi connectivity index (χ3n) is 2.24. The van der Waals surface area contributed by atoms with Gasteiger partial charge in [-0.15, -0.1) is 11.3 Å². The molecule has 0 atom stereocenters. The van der Waals surface area contributed by atoms with E-state index in [4.69, 9.17) is 4.74 Å². The third kappa shape index (κ3) is 1.86. The molecule has 0 fully saturated rings. The van der Waals surface area contributed by atoms with Gasteiger partial charge in [-0.3, -0.25) is 4.79 Å². The lowest BCUT2D eigenvalue weighted by Crippen LogP contribution is -2.07. The van der Waals surface area contributed by atoms with E-state index in [0.29, 0.717) is 19.6 Å². The summed E-state index contributed by atoms with van der Waals surface area (Å²) in [5, 5.41) is 0.937. The van der Waals surface area contributed by atoms with Crippen LogP contribution in [0.5, 0.6) is 0 Å². The Morgan fingerprint density at radius 2 is 2.36 bits per heavy atom. The molecule has 1 aromatic rings. The van der Waals surface area contributed by atoms with Gasteiger partial charge in [-0.1, -0.05) is 0 Å². The normalized spacial score (nSPS) is 15.6. The first-order valence-electron chi connectivity index (χ1n) is 4.90. The van der Waals surface area contributed by atoms with Crippen molar-refractivity contribution >= 4 is 17.1 Å². The summed E-state index contributed by atoms with van der Waals surface area (Å²) in [5.41, 5.74) is 0.987. The van der Waals surface area contributed by atoms with Crippen LogP contribution in [0.4, 0.5) is 0 Å². The first-order chi connectivity index (χ1) is 6.81. The zero-order valence-electron chi connectivity index (χ0n) is 8.21. The summed E-state index contributed by atoms with van der Waals surface area (Å²) < 4.78 is 5.27. The minimum absolute atomic E-state index is 0.256. The van der Waals surface area contributed by atoms with Crippen LogP contribution in [0.3, 0.4) is 0 Å². The second kappa shape index (κ2) is 4.19. The highest BCUT2D eigenvalue weighted by Crippen LogP contribution is 2.26. The van der Waals surface area contributed by atoms with Gasteiger partial charge in [-0.05, 0) is 19.8 Å². The van der Waals surface area contributed by atoms with Crippen molar-refractivity contribution in [3.05, 3.63) is 15.6 Å². The molecule has 0 bridgehead atoms. The van der Waals surface area contributed by atoms with Crippen molar-refractivity contribution in [3.8, 4) is 0 Å². The van der Waals surface area contributed by atoms with Gasteiger partial charge in [0.1, 0.15) is 5.01 Å². The molecule has 0 saturated heterocycles. The number of hydrogen-bond acceptors (Lipinski definition) is 4. The van der Waals surface area contributed by atoms with Crippen LogP contribution in [-0.2, 0) is 17.8 Å². The Balaban J connectivity index is 2.17. The van der Waals surface area contributed by atoms with E-state index in [0.717, 1.165) is 28.4 Å². The monoisotopic (exact) mass is 211 g/mol. The van der Waals surface area contributed by atoms with Crippen molar-refractivity contribution in [2.75, 3.05) is 6.61 Å². The molecular weight excluding hydrogens is 198 g/mol. The van der Waals surface area contributed by atoms with Crippen LogP contribution in [0, 0.1) is 0 Å². The van der Waals surface area contributed by atoms with E-state index in [1.807, 2.05) is 6.92 Å². The number of fused-ring (bicyclic) bond motifs is 1. The second-order valence-electron chi connectivity index (χ2n) is 3.30. The molecule has 1 aromatic heterocycles. The van der Waals surface area contributed by atoms with E-state index in [1.54, 1.807) is 0 Å². The second-order valence-corrected chi connectivity index (χ2v) is 4.38. The number of Topliss-reactive ketones (excluding diaryl/α,β-unsaturated/α-hetero) is 1. The predicted octanol–water partition coefficient (Wildman–Crippen LogP) is 2.20. The lowest BCUT2D eigenvalue weighted by molar-refractivity contribution is 0.0976. The largest absolute Gasteiger partial charge is 0.375 e. The molecule has 0 aromatic carbocycles. The van der Waals surface area contributed by atoms with Gasteiger partial charge in [0.15, 0.2) is 5.78 Å². The van der Waals surface area contributed by atoms with Crippen molar-refractivity contribution in [2.45, 2.75) is 32.8 Å². The number of aryl methyl sites for hydroxylation is 1. The van der Waals surface area contributed by atoms with Gasteiger partial charge in [0, 0.05) is 13.0 Å². The van der Waals surface area contributed by atoms with Gasteiger partial charge in [-0.25, -0.2) is 4.98 Å². The minimum Gasteiger partial charge on any atom is -0.375 e. The summed E-state index contributed by atoms with van der Waals surface area (Å²) in [7, 11) is 0. The molecule has 0 radical (unpaired) electrons. The quantitative estimate of drug-likeness (QED) is 0.769. The topological polar surface area (TPSA) is 39.2 Å². The maximum absolute atomic E-state index is 11.5. The number of nitrogens with zero attached hydrogens (tertiary/aromatic N) is 1. The molecule has 0 spiro atoms. The summed E-state index contributed by atoms with van der Waals surface area (Å²) in [4.78, 5) is 16.8. The SMILES string of the molecule is CCOCc1nc2c(s1)C(=O)CCC2. The summed E-state index contributed by atoms with van der Waals surface area (Å²) in [6, 6.07) is 0. The zero-order chi connectivity index (χ0) is 9.97. The van der Waals surface area contributed by atoms with E-state index in [2.05, 4.69) is 4.98 Å². The maximum Gasteiger partial charge on any atom is 0.174 e. The Kier molecular flexibility index (Phi) is 2.93. The first-order valence-corrected chi connectivity index (χ1v) is 5.72. The summed E-state index contributed by atoms with van der Waals surface area (Å²) in [5.74, 6) is 0.256. The summed E-state index contributed by atoms with van der Waals surface area (Å²) in [6.45, 7) is 3.19. The van der Waals surface area contributed by atoms with Gasteiger partial charge in [0.05, 0.1) is 17.2 Å². The summed E-state index contributed by atoms with van der Waals surface area (Å²) >= 11 is 1.50. The smallest absolute Gasteiger partial charge is 0.174 e. The Labute approximate surface area is 87.1 Å². The van der Waals surface area contributed by atoms with E-state index in [-0.39, 0.29) is 5.78 Å². The van der Waals surface area contributed by atoms with Crippen LogP contribution in [0.25, 0.3) is 0 Å². The molecule has 76 valence electrons. The molecule has 1 aliphatic carbocycles. The Morgan fingerprint density at radius 1 is 1.50 bits per heavy atom. The number of thiazole rings is 1. The Hall–Kier alpha value is -0.740. The number of carbonyl (C=O) groups is 1.